The zero-order chi connectivity index (χ0) is 26.8. The summed E-state index contributed by atoms with van der Waals surface area (Å²) >= 11 is 5.78. The lowest BCUT2D eigenvalue weighted by Crippen LogP contribution is -2.29. The molecule has 1 aliphatic rings. The second kappa shape index (κ2) is 10.4. The lowest BCUT2D eigenvalue weighted by molar-refractivity contribution is -0.384. The topological polar surface area (TPSA) is 114 Å². The van der Waals surface area contributed by atoms with E-state index >= 15 is 0 Å². The molecule has 1 saturated heterocycles. The summed E-state index contributed by atoms with van der Waals surface area (Å²) in [6.45, 7) is 3.73. The second-order valence-corrected chi connectivity index (χ2v) is 9.26. The summed E-state index contributed by atoms with van der Waals surface area (Å²) in [6.07, 6.45) is 2.10. The van der Waals surface area contributed by atoms with Crippen LogP contribution in [0.4, 0.5) is 17.1 Å². The van der Waals surface area contributed by atoms with Gasteiger partial charge in [-0.3, -0.25) is 19.9 Å². The number of benzene rings is 2. The first-order valence-electron chi connectivity index (χ1n) is 12.1. The van der Waals surface area contributed by atoms with E-state index in [1.165, 1.54) is 6.07 Å². The van der Waals surface area contributed by atoms with Crippen molar-refractivity contribution in [2.45, 2.75) is 32.4 Å². The van der Waals surface area contributed by atoms with Gasteiger partial charge in [-0.1, -0.05) is 25.1 Å². The molecule has 2 aromatic heterocycles. The van der Waals surface area contributed by atoms with Crippen LogP contribution in [0.5, 0.6) is 0 Å². The molecular weight excluding hydrogens is 502 g/mol. The highest BCUT2D eigenvalue weighted by atomic mass is 32.1. The Labute approximate surface area is 224 Å². The van der Waals surface area contributed by atoms with Crippen molar-refractivity contribution in [3.05, 3.63) is 106 Å². The SMILES string of the molecule is CCC(=O)Nc1ccc(N2C(=S)N[C@H](c3ccccn3)[C@H]2c2ccc(-c3ccccc3[N+](=O)[O-])o2)cc1C. The molecule has 38 heavy (non-hydrogen) atoms. The number of rotatable bonds is 7. The summed E-state index contributed by atoms with van der Waals surface area (Å²) in [6, 6.07) is 20.6. The van der Waals surface area contributed by atoms with Crippen LogP contribution in [0.1, 0.15) is 42.4 Å². The number of hydrogen-bond donors (Lipinski definition) is 2. The van der Waals surface area contributed by atoms with Gasteiger partial charge in [0.05, 0.1) is 22.2 Å². The summed E-state index contributed by atoms with van der Waals surface area (Å²) in [4.78, 5) is 29.6. The van der Waals surface area contributed by atoms with Crippen LogP contribution in [-0.4, -0.2) is 20.9 Å². The quantitative estimate of drug-likeness (QED) is 0.169. The number of thiocarbonyl (C=S) groups is 1. The van der Waals surface area contributed by atoms with Crippen LogP contribution in [0.25, 0.3) is 11.3 Å². The fourth-order valence-electron chi connectivity index (χ4n) is 4.60. The van der Waals surface area contributed by atoms with Gasteiger partial charge in [-0.15, -0.1) is 0 Å². The van der Waals surface area contributed by atoms with Crippen LogP contribution in [0.2, 0.25) is 0 Å². The van der Waals surface area contributed by atoms with Crippen molar-refractivity contribution in [2.24, 2.45) is 0 Å². The number of anilines is 2. The molecule has 4 aromatic rings. The van der Waals surface area contributed by atoms with Gasteiger partial charge >= 0.3 is 0 Å². The zero-order valence-corrected chi connectivity index (χ0v) is 21.6. The summed E-state index contributed by atoms with van der Waals surface area (Å²) in [7, 11) is 0. The van der Waals surface area contributed by atoms with E-state index in [1.54, 1.807) is 37.4 Å². The number of aryl methyl sites for hydroxylation is 1. The second-order valence-electron chi connectivity index (χ2n) is 8.87. The number of carbonyl (C=O) groups excluding carboxylic acids is 1. The molecule has 5 rings (SSSR count). The van der Waals surface area contributed by atoms with Crippen molar-refractivity contribution in [2.75, 3.05) is 10.2 Å². The van der Waals surface area contributed by atoms with Crippen LogP contribution < -0.4 is 15.5 Å². The molecule has 10 heteroatoms. The summed E-state index contributed by atoms with van der Waals surface area (Å²) in [5.41, 5.74) is 3.55. The number of nitro benzene ring substituents is 1. The summed E-state index contributed by atoms with van der Waals surface area (Å²) < 4.78 is 6.29. The monoisotopic (exact) mass is 527 g/mol. The molecule has 2 N–H and O–H groups in total. The molecule has 0 saturated carbocycles. The Morgan fingerprint density at radius 3 is 2.66 bits per heavy atom. The van der Waals surface area contributed by atoms with Crippen molar-refractivity contribution in [1.82, 2.24) is 10.3 Å². The minimum Gasteiger partial charge on any atom is -0.459 e. The molecule has 0 unspecified atom stereocenters. The molecule has 9 nitrogen and oxygen atoms in total. The Balaban J connectivity index is 1.58. The Kier molecular flexibility index (Phi) is 6.89. The first-order chi connectivity index (χ1) is 18.4. The van der Waals surface area contributed by atoms with Crippen molar-refractivity contribution >= 4 is 40.3 Å². The van der Waals surface area contributed by atoms with Crippen LogP contribution in [-0.2, 0) is 4.79 Å². The molecule has 192 valence electrons. The Morgan fingerprint density at radius 2 is 1.95 bits per heavy atom. The van der Waals surface area contributed by atoms with E-state index < -0.39 is 11.0 Å². The van der Waals surface area contributed by atoms with E-state index in [4.69, 9.17) is 16.6 Å². The maximum atomic E-state index is 11.9. The molecule has 1 fully saturated rings. The maximum absolute atomic E-state index is 11.9. The first-order valence-corrected chi connectivity index (χ1v) is 12.5. The number of pyridine rings is 1. The van der Waals surface area contributed by atoms with Crippen LogP contribution >= 0.6 is 12.2 Å². The van der Waals surface area contributed by atoms with Gasteiger partial charge in [-0.25, -0.2) is 0 Å². The molecule has 1 aliphatic heterocycles. The minimum absolute atomic E-state index is 0.0352. The Morgan fingerprint density at radius 1 is 1.16 bits per heavy atom. The van der Waals surface area contributed by atoms with Gasteiger partial charge in [0, 0.05) is 30.1 Å². The fourth-order valence-corrected chi connectivity index (χ4v) is 4.94. The van der Waals surface area contributed by atoms with Crippen molar-refractivity contribution in [1.29, 1.82) is 0 Å². The van der Waals surface area contributed by atoms with E-state index in [2.05, 4.69) is 15.6 Å². The zero-order valence-electron chi connectivity index (χ0n) is 20.8. The number of nitrogens with zero attached hydrogens (tertiary/aromatic N) is 3. The lowest BCUT2D eigenvalue weighted by atomic mass is 10.0. The summed E-state index contributed by atoms with van der Waals surface area (Å²) in [5.74, 6) is 0.895. The van der Waals surface area contributed by atoms with Crippen LogP contribution in [0, 0.1) is 17.0 Å². The van der Waals surface area contributed by atoms with E-state index in [-0.39, 0.29) is 17.6 Å². The predicted octanol–water partition coefficient (Wildman–Crippen LogP) is 6.08. The maximum Gasteiger partial charge on any atom is 0.280 e. The number of nitro groups is 1. The fraction of sp³-hybridized carbons (Fsp3) is 0.179. The lowest BCUT2D eigenvalue weighted by Gasteiger charge is -2.26. The third kappa shape index (κ3) is 4.73. The van der Waals surface area contributed by atoms with Crippen LogP contribution in [0.15, 0.2) is 83.4 Å². The third-order valence-corrected chi connectivity index (χ3v) is 6.78. The van der Waals surface area contributed by atoms with Crippen LogP contribution in [0.3, 0.4) is 0 Å². The number of furan rings is 1. The number of aromatic nitrogens is 1. The molecule has 0 aliphatic carbocycles. The largest absolute Gasteiger partial charge is 0.459 e. The molecule has 1 amide bonds. The van der Waals surface area contributed by atoms with E-state index in [0.29, 0.717) is 28.6 Å². The normalized spacial score (nSPS) is 16.8. The van der Waals surface area contributed by atoms with Gasteiger partial charge in [-0.2, -0.15) is 0 Å². The highest BCUT2D eigenvalue weighted by Crippen LogP contribution is 2.44. The van der Waals surface area contributed by atoms with Gasteiger partial charge in [0.1, 0.15) is 17.6 Å². The number of para-hydroxylation sites is 1. The molecule has 2 aromatic carbocycles. The summed E-state index contributed by atoms with van der Waals surface area (Å²) in [5, 5.41) is 18.4. The van der Waals surface area contributed by atoms with E-state index in [9.17, 15) is 14.9 Å². The number of hydrogen-bond acceptors (Lipinski definition) is 6. The highest BCUT2D eigenvalue weighted by molar-refractivity contribution is 7.80. The molecule has 0 radical (unpaired) electrons. The number of carbonyl (C=O) groups is 1. The first kappa shape index (κ1) is 25.1. The standard InChI is InChI=1S/C28H25N5O4S/c1-3-25(34)30-20-12-11-18(16-17(20)2)32-27(26(31-28(32)38)21-9-6-7-15-29-21)24-14-13-23(37-24)19-8-4-5-10-22(19)33(35)36/h4-16,26-27H,3H2,1-2H3,(H,30,34)(H,31,38)/t26-,27-/m1/s1. The molecule has 0 spiro atoms. The molecule has 3 heterocycles. The van der Waals surface area contributed by atoms with Gasteiger partial charge < -0.3 is 20.0 Å². The number of nitrogens with one attached hydrogen (secondary N) is 2. The number of amides is 1. The minimum atomic E-state index is -0.426. The van der Waals surface area contributed by atoms with Crippen molar-refractivity contribution < 1.29 is 14.1 Å². The molecule has 2 atom stereocenters. The van der Waals surface area contributed by atoms with E-state index in [1.807, 2.05) is 54.3 Å². The highest BCUT2D eigenvalue weighted by Gasteiger charge is 2.42. The van der Waals surface area contributed by atoms with Gasteiger partial charge in [-0.05, 0) is 73.2 Å². The predicted molar refractivity (Wildman–Crippen MR) is 149 cm³/mol. The molecular formula is C28H25N5O4S. The average Bonchev–Trinajstić information content (AvgIpc) is 3.54. The van der Waals surface area contributed by atoms with E-state index in [0.717, 1.165) is 22.6 Å². The Bertz CT molecular complexity index is 1520. The average molecular weight is 528 g/mol. The third-order valence-electron chi connectivity index (χ3n) is 6.47. The molecule has 0 bridgehead atoms. The van der Waals surface area contributed by atoms with Gasteiger partial charge in [0.25, 0.3) is 5.69 Å². The van der Waals surface area contributed by atoms with Gasteiger partial charge in [0.2, 0.25) is 5.91 Å². The van der Waals surface area contributed by atoms with Gasteiger partial charge in [0.15, 0.2) is 5.11 Å². The smallest absolute Gasteiger partial charge is 0.280 e. The Hall–Kier alpha value is -4.57. The van der Waals surface area contributed by atoms with Crippen molar-refractivity contribution in [3.8, 4) is 11.3 Å². The van der Waals surface area contributed by atoms with Crippen molar-refractivity contribution in [3.63, 3.8) is 0 Å².